The maximum absolute atomic E-state index is 12.5. The van der Waals surface area contributed by atoms with E-state index in [0.29, 0.717) is 6.42 Å². The first-order chi connectivity index (χ1) is 12.2. The second-order valence-corrected chi connectivity index (χ2v) is 6.95. The number of amides is 1. The first kappa shape index (κ1) is 16.0. The van der Waals surface area contributed by atoms with Gasteiger partial charge in [-0.2, -0.15) is 0 Å². The van der Waals surface area contributed by atoms with E-state index in [0.717, 1.165) is 39.1 Å². The summed E-state index contributed by atoms with van der Waals surface area (Å²) in [6.45, 7) is 2.13. The summed E-state index contributed by atoms with van der Waals surface area (Å²) in [5.41, 5.74) is 6.40. The van der Waals surface area contributed by atoms with Crippen LogP contribution in [0.2, 0.25) is 0 Å². The van der Waals surface area contributed by atoms with Crippen LogP contribution < -0.4 is 4.90 Å². The van der Waals surface area contributed by atoms with Crippen molar-refractivity contribution in [2.75, 3.05) is 4.90 Å². The molecule has 0 N–H and O–H groups in total. The molecular weight excluding hydrogens is 376 g/mol. The van der Waals surface area contributed by atoms with Crippen LogP contribution in [0.5, 0.6) is 0 Å². The van der Waals surface area contributed by atoms with E-state index < -0.39 is 0 Å². The van der Waals surface area contributed by atoms with E-state index in [9.17, 15) is 4.79 Å². The van der Waals surface area contributed by atoms with Gasteiger partial charge in [-0.15, -0.1) is 0 Å². The minimum absolute atomic E-state index is 0.126. The smallest absolute Gasteiger partial charge is 0.236 e. The molecule has 0 bridgehead atoms. The van der Waals surface area contributed by atoms with E-state index in [2.05, 4.69) is 46.0 Å². The molecule has 0 spiro atoms. The molecule has 124 valence electrons. The number of anilines is 2. The third-order valence-electron chi connectivity index (χ3n) is 4.58. The van der Waals surface area contributed by atoms with Crippen LogP contribution in [0.15, 0.2) is 65.4 Å². The van der Waals surface area contributed by atoms with E-state index >= 15 is 0 Å². The van der Waals surface area contributed by atoms with Gasteiger partial charge in [-0.1, -0.05) is 37.3 Å². The number of halogens is 1. The molecule has 3 nitrogen and oxygen atoms in total. The van der Waals surface area contributed by atoms with Crippen molar-refractivity contribution in [2.24, 2.45) is 0 Å². The van der Waals surface area contributed by atoms with Gasteiger partial charge in [0.15, 0.2) is 0 Å². The SMILES string of the molecule is CCc1ccc2c(c1)N(c1ccc(-c3ccc(Br)nc3)cc1)C(=O)C2. The molecule has 1 aliphatic heterocycles. The van der Waals surface area contributed by atoms with Crippen LogP contribution in [0.3, 0.4) is 0 Å². The Balaban J connectivity index is 1.69. The number of aromatic nitrogens is 1. The third kappa shape index (κ3) is 2.98. The van der Waals surface area contributed by atoms with Gasteiger partial charge in [-0.05, 0) is 63.3 Å². The van der Waals surface area contributed by atoms with Gasteiger partial charge in [0, 0.05) is 17.4 Å². The number of hydrogen-bond donors (Lipinski definition) is 0. The fraction of sp³-hybridized carbons (Fsp3) is 0.143. The van der Waals surface area contributed by atoms with Crippen molar-refractivity contribution in [1.29, 1.82) is 0 Å². The number of fused-ring (bicyclic) bond motifs is 1. The van der Waals surface area contributed by atoms with E-state index in [1.54, 1.807) is 0 Å². The van der Waals surface area contributed by atoms with Gasteiger partial charge >= 0.3 is 0 Å². The maximum Gasteiger partial charge on any atom is 0.236 e. The Kier molecular flexibility index (Phi) is 4.14. The van der Waals surface area contributed by atoms with Gasteiger partial charge in [0.1, 0.15) is 4.60 Å². The highest BCUT2D eigenvalue weighted by Gasteiger charge is 2.28. The van der Waals surface area contributed by atoms with E-state index in [1.807, 2.05) is 47.5 Å². The van der Waals surface area contributed by atoms with E-state index in [4.69, 9.17) is 0 Å². The molecule has 0 atom stereocenters. The molecule has 2 heterocycles. The highest BCUT2D eigenvalue weighted by molar-refractivity contribution is 9.10. The first-order valence-electron chi connectivity index (χ1n) is 8.32. The van der Waals surface area contributed by atoms with Crippen molar-refractivity contribution in [3.05, 3.63) is 76.5 Å². The number of hydrogen-bond acceptors (Lipinski definition) is 2. The van der Waals surface area contributed by atoms with Gasteiger partial charge in [-0.25, -0.2) is 4.98 Å². The molecule has 0 unspecified atom stereocenters. The second kappa shape index (κ2) is 6.45. The second-order valence-electron chi connectivity index (χ2n) is 6.14. The molecule has 0 aliphatic carbocycles. The van der Waals surface area contributed by atoms with Gasteiger partial charge < -0.3 is 0 Å². The van der Waals surface area contributed by atoms with Crippen molar-refractivity contribution in [3.63, 3.8) is 0 Å². The molecule has 0 saturated carbocycles. The molecule has 1 amide bonds. The standard InChI is InChI=1S/C21H17BrN2O/c1-2-14-3-4-16-12-21(25)24(19(16)11-14)18-8-5-15(6-9-18)17-7-10-20(22)23-13-17/h3-11,13H,2,12H2,1H3. The average Bonchev–Trinajstić information content (AvgIpc) is 2.97. The molecule has 1 aliphatic rings. The predicted octanol–water partition coefficient (Wildman–Crippen LogP) is 5.29. The molecule has 1 aromatic heterocycles. The number of rotatable bonds is 3. The molecule has 4 rings (SSSR count). The summed E-state index contributed by atoms with van der Waals surface area (Å²) in [6, 6.07) is 18.3. The fourth-order valence-electron chi connectivity index (χ4n) is 3.20. The van der Waals surface area contributed by atoms with Crippen molar-refractivity contribution < 1.29 is 4.79 Å². The Morgan fingerprint density at radius 1 is 1.04 bits per heavy atom. The van der Waals surface area contributed by atoms with Gasteiger partial charge in [0.25, 0.3) is 0 Å². The average molecular weight is 393 g/mol. The van der Waals surface area contributed by atoms with Gasteiger partial charge in [-0.3, -0.25) is 9.69 Å². The molecular formula is C21H17BrN2O. The minimum Gasteiger partial charge on any atom is -0.280 e. The summed E-state index contributed by atoms with van der Waals surface area (Å²) in [5.74, 6) is 0.126. The number of pyridine rings is 1. The lowest BCUT2D eigenvalue weighted by Crippen LogP contribution is -2.20. The van der Waals surface area contributed by atoms with Crippen molar-refractivity contribution >= 4 is 33.2 Å². The Hall–Kier alpha value is -2.46. The van der Waals surface area contributed by atoms with E-state index in [-0.39, 0.29) is 5.91 Å². The molecule has 3 aromatic rings. The zero-order chi connectivity index (χ0) is 17.4. The molecule has 4 heteroatoms. The quantitative estimate of drug-likeness (QED) is 0.567. The number of aryl methyl sites for hydroxylation is 1. The van der Waals surface area contributed by atoms with Crippen LogP contribution in [0, 0.1) is 0 Å². The van der Waals surface area contributed by atoms with Crippen LogP contribution in [-0.4, -0.2) is 10.9 Å². The molecule has 2 aromatic carbocycles. The van der Waals surface area contributed by atoms with Crippen LogP contribution >= 0.6 is 15.9 Å². The summed E-state index contributed by atoms with van der Waals surface area (Å²) >= 11 is 3.35. The lowest BCUT2D eigenvalue weighted by molar-refractivity contribution is -0.116. The zero-order valence-electron chi connectivity index (χ0n) is 13.9. The number of nitrogens with zero attached hydrogens (tertiary/aromatic N) is 2. The Morgan fingerprint density at radius 3 is 2.48 bits per heavy atom. The molecule has 0 fully saturated rings. The summed E-state index contributed by atoms with van der Waals surface area (Å²) in [4.78, 5) is 18.6. The largest absolute Gasteiger partial charge is 0.280 e. The Morgan fingerprint density at radius 2 is 1.80 bits per heavy atom. The number of benzene rings is 2. The van der Waals surface area contributed by atoms with Crippen molar-refractivity contribution in [2.45, 2.75) is 19.8 Å². The summed E-state index contributed by atoms with van der Waals surface area (Å²) < 4.78 is 0.818. The highest BCUT2D eigenvalue weighted by Crippen LogP contribution is 2.37. The van der Waals surface area contributed by atoms with Gasteiger partial charge in [0.2, 0.25) is 5.91 Å². The molecule has 25 heavy (non-hydrogen) atoms. The summed E-state index contributed by atoms with van der Waals surface area (Å²) in [5, 5.41) is 0. The van der Waals surface area contributed by atoms with Gasteiger partial charge in [0.05, 0.1) is 12.1 Å². The monoisotopic (exact) mass is 392 g/mol. The fourth-order valence-corrected chi connectivity index (χ4v) is 3.43. The first-order valence-corrected chi connectivity index (χ1v) is 9.12. The van der Waals surface area contributed by atoms with Crippen molar-refractivity contribution in [3.8, 4) is 11.1 Å². The highest BCUT2D eigenvalue weighted by atomic mass is 79.9. The number of carbonyl (C=O) groups excluding carboxylic acids is 1. The molecule has 0 radical (unpaired) electrons. The molecule has 0 saturated heterocycles. The Bertz CT molecular complexity index is 933. The van der Waals surface area contributed by atoms with Crippen LogP contribution in [-0.2, 0) is 17.6 Å². The lowest BCUT2D eigenvalue weighted by atomic mass is 10.1. The summed E-state index contributed by atoms with van der Waals surface area (Å²) in [7, 11) is 0. The normalized spacial score (nSPS) is 13.2. The zero-order valence-corrected chi connectivity index (χ0v) is 15.5. The topological polar surface area (TPSA) is 33.2 Å². The van der Waals surface area contributed by atoms with Crippen LogP contribution in [0.4, 0.5) is 11.4 Å². The predicted molar refractivity (Wildman–Crippen MR) is 104 cm³/mol. The third-order valence-corrected chi connectivity index (χ3v) is 5.05. The van der Waals surface area contributed by atoms with Crippen molar-refractivity contribution in [1.82, 2.24) is 4.98 Å². The number of carbonyl (C=O) groups is 1. The summed E-state index contributed by atoms with van der Waals surface area (Å²) in [6.07, 6.45) is 3.27. The lowest BCUT2D eigenvalue weighted by Gasteiger charge is -2.18. The minimum atomic E-state index is 0.126. The maximum atomic E-state index is 12.5. The van der Waals surface area contributed by atoms with E-state index in [1.165, 1.54) is 5.56 Å². The van der Waals surface area contributed by atoms with Crippen LogP contribution in [0.1, 0.15) is 18.1 Å². The van der Waals surface area contributed by atoms with Crippen LogP contribution in [0.25, 0.3) is 11.1 Å². The Labute approximate surface area is 155 Å².